The van der Waals surface area contributed by atoms with E-state index in [2.05, 4.69) is 0 Å². The number of hydrogen-bond donors (Lipinski definition) is 0. The van der Waals surface area contributed by atoms with Gasteiger partial charge in [-0.1, -0.05) is 18.2 Å². The van der Waals surface area contributed by atoms with Gasteiger partial charge >= 0.3 is 5.97 Å². The van der Waals surface area contributed by atoms with Gasteiger partial charge in [0.25, 0.3) is 5.91 Å². The van der Waals surface area contributed by atoms with Crippen LogP contribution in [-0.2, 0) is 20.7 Å². The van der Waals surface area contributed by atoms with Crippen molar-refractivity contribution in [1.82, 2.24) is 9.80 Å². The van der Waals surface area contributed by atoms with Gasteiger partial charge in [0.2, 0.25) is 5.91 Å². The molecule has 0 N–H and O–H groups in total. The maximum absolute atomic E-state index is 14.3. The lowest BCUT2D eigenvalue weighted by atomic mass is 9.75. The van der Waals surface area contributed by atoms with Gasteiger partial charge in [0, 0.05) is 25.2 Å². The highest BCUT2D eigenvalue weighted by Gasteiger charge is 2.48. The second-order valence-electron chi connectivity index (χ2n) is 9.54. The zero-order valence-corrected chi connectivity index (χ0v) is 21.0. The van der Waals surface area contributed by atoms with Crippen LogP contribution >= 0.6 is 0 Å². The highest BCUT2D eigenvalue weighted by molar-refractivity contribution is 6.01. The molecule has 3 atom stereocenters. The molecule has 2 aromatic carbocycles. The summed E-state index contributed by atoms with van der Waals surface area (Å²) in [7, 11) is 3.18. The highest BCUT2D eigenvalue weighted by atomic mass is 16.5. The predicted octanol–water partition coefficient (Wildman–Crippen LogP) is 3.34. The van der Waals surface area contributed by atoms with Gasteiger partial charge < -0.3 is 24.0 Å². The summed E-state index contributed by atoms with van der Waals surface area (Å²) in [5, 5.41) is 0. The molecule has 3 unspecified atom stereocenters. The van der Waals surface area contributed by atoms with Crippen LogP contribution < -0.4 is 9.47 Å². The fraction of sp³-hybridized carbons (Fsp3) is 0.464. The Morgan fingerprint density at radius 3 is 2.53 bits per heavy atom. The molecule has 0 aliphatic carbocycles. The van der Waals surface area contributed by atoms with Crippen LogP contribution in [0.15, 0.2) is 36.4 Å². The van der Waals surface area contributed by atoms with Gasteiger partial charge in [-0.15, -0.1) is 0 Å². The number of hydrogen-bond acceptors (Lipinski definition) is 6. The van der Waals surface area contributed by atoms with Crippen LogP contribution in [0.3, 0.4) is 0 Å². The van der Waals surface area contributed by atoms with E-state index in [1.54, 1.807) is 32.1 Å². The normalized spacial score (nSPS) is 22.8. The maximum atomic E-state index is 14.3. The van der Waals surface area contributed by atoms with Crippen molar-refractivity contribution in [2.45, 2.75) is 38.1 Å². The molecule has 190 valence electrons. The zero-order valence-electron chi connectivity index (χ0n) is 21.0. The molecule has 0 aromatic heterocycles. The van der Waals surface area contributed by atoms with Crippen molar-refractivity contribution < 1.29 is 28.6 Å². The topological polar surface area (TPSA) is 85.4 Å². The Morgan fingerprint density at radius 2 is 1.78 bits per heavy atom. The molecule has 1 fully saturated rings. The van der Waals surface area contributed by atoms with Gasteiger partial charge in [0.1, 0.15) is 0 Å². The Morgan fingerprint density at radius 1 is 1.03 bits per heavy atom. The van der Waals surface area contributed by atoms with Crippen molar-refractivity contribution in [2.24, 2.45) is 5.92 Å². The van der Waals surface area contributed by atoms with Crippen molar-refractivity contribution in [3.8, 4) is 11.5 Å². The Bertz CT molecular complexity index is 1190. The van der Waals surface area contributed by atoms with Crippen molar-refractivity contribution in [3.05, 3.63) is 58.7 Å². The maximum Gasteiger partial charge on any atom is 0.310 e. The number of methoxy groups -OCH3 is 2. The van der Waals surface area contributed by atoms with Crippen LogP contribution in [-0.4, -0.2) is 68.0 Å². The Labute approximate surface area is 211 Å². The van der Waals surface area contributed by atoms with Crippen LogP contribution in [0, 0.1) is 5.92 Å². The summed E-state index contributed by atoms with van der Waals surface area (Å²) >= 11 is 0. The minimum atomic E-state index is -0.586. The number of ether oxygens (including phenoxy) is 3. The Kier molecular flexibility index (Phi) is 6.60. The molecule has 2 aromatic rings. The van der Waals surface area contributed by atoms with Gasteiger partial charge in [-0.2, -0.15) is 0 Å². The molecule has 1 saturated heterocycles. The molecule has 3 aliphatic heterocycles. The minimum absolute atomic E-state index is 0.0665. The monoisotopic (exact) mass is 492 g/mol. The third kappa shape index (κ3) is 3.98. The number of amides is 2. The molecule has 5 rings (SSSR count). The number of benzene rings is 2. The van der Waals surface area contributed by atoms with Gasteiger partial charge in [-0.3, -0.25) is 14.4 Å². The number of carbonyl (C=O) groups excluding carboxylic acids is 3. The molecule has 0 radical (unpaired) electrons. The number of esters is 1. The van der Waals surface area contributed by atoms with E-state index in [-0.39, 0.29) is 23.7 Å². The van der Waals surface area contributed by atoms with Crippen LogP contribution in [0.2, 0.25) is 0 Å². The molecular formula is C28H32N2O6. The zero-order chi connectivity index (χ0) is 25.4. The van der Waals surface area contributed by atoms with E-state index in [4.69, 9.17) is 14.2 Å². The van der Waals surface area contributed by atoms with E-state index in [1.807, 2.05) is 35.2 Å². The summed E-state index contributed by atoms with van der Waals surface area (Å²) in [6, 6.07) is 10.8. The molecule has 3 aliphatic rings. The number of likely N-dealkylation sites (tertiary alicyclic amines) is 1. The first-order valence-electron chi connectivity index (χ1n) is 12.6. The Balaban J connectivity index is 1.59. The summed E-state index contributed by atoms with van der Waals surface area (Å²) in [4.78, 5) is 43.9. The van der Waals surface area contributed by atoms with Crippen LogP contribution in [0.5, 0.6) is 11.5 Å². The molecule has 0 saturated carbocycles. The summed E-state index contributed by atoms with van der Waals surface area (Å²) in [6.45, 7) is 3.52. The van der Waals surface area contributed by atoms with Gasteiger partial charge in [-0.25, -0.2) is 0 Å². The minimum Gasteiger partial charge on any atom is -0.493 e. The second-order valence-corrected chi connectivity index (χ2v) is 9.54. The molecule has 2 amide bonds. The van der Waals surface area contributed by atoms with Crippen molar-refractivity contribution in [3.63, 3.8) is 0 Å². The van der Waals surface area contributed by atoms with E-state index in [1.165, 1.54) is 0 Å². The van der Waals surface area contributed by atoms with E-state index in [0.717, 1.165) is 23.1 Å². The lowest BCUT2D eigenvalue weighted by molar-refractivity contribution is -0.151. The third-order valence-corrected chi connectivity index (χ3v) is 7.64. The summed E-state index contributed by atoms with van der Waals surface area (Å²) in [5.41, 5.74) is 3.24. The van der Waals surface area contributed by atoms with Gasteiger partial charge in [0.15, 0.2) is 11.5 Å². The first-order valence-corrected chi connectivity index (χ1v) is 12.6. The lowest BCUT2D eigenvalue weighted by Crippen LogP contribution is -2.52. The van der Waals surface area contributed by atoms with E-state index < -0.39 is 12.0 Å². The number of carbonyl (C=O) groups is 3. The van der Waals surface area contributed by atoms with Crippen LogP contribution in [0.4, 0.5) is 0 Å². The number of nitrogens with zero attached hydrogens (tertiary/aromatic N) is 2. The first-order chi connectivity index (χ1) is 17.5. The predicted molar refractivity (Wildman–Crippen MR) is 132 cm³/mol. The molecule has 3 heterocycles. The van der Waals surface area contributed by atoms with Crippen molar-refractivity contribution in [1.29, 1.82) is 0 Å². The number of rotatable bonds is 5. The molecular weight excluding hydrogens is 460 g/mol. The Hall–Kier alpha value is -3.55. The quantitative estimate of drug-likeness (QED) is 0.596. The second kappa shape index (κ2) is 9.84. The number of piperidine rings is 1. The van der Waals surface area contributed by atoms with Gasteiger partial charge in [-0.05, 0) is 61.1 Å². The van der Waals surface area contributed by atoms with Crippen LogP contribution in [0.25, 0.3) is 0 Å². The highest BCUT2D eigenvalue weighted by Crippen LogP contribution is 2.49. The molecule has 0 spiro atoms. The average Bonchev–Trinajstić information content (AvgIpc) is 2.92. The smallest absolute Gasteiger partial charge is 0.310 e. The van der Waals surface area contributed by atoms with E-state index >= 15 is 0 Å². The number of fused-ring (bicyclic) bond motifs is 4. The summed E-state index contributed by atoms with van der Waals surface area (Å²) < 4.78 is 16.3. The van der Waals surface area contributed by atoms with Gasteiger partial charge in [0.05, 0.1) is 38.7 Å². The fourth-order valence-electron chi connectivity index (χ4n) is 5.95. The van der Waals surface area contributed by atoms with E-state index in [0.29, 0.717) is 56.1 Å². The molecule has 36 heavy (non-hydrogen) atoms. The molecule has 8 nitrogen and oxygen atoms in total. The summed E-state index contributed by atoms with van der Waals surface area (Å²) in [5.74, 6) is -0.112. The first kappa shape index (κ1) is 24.2. The fourth-order valence-corrected chi connectivity index (χ4v) is 5.95. The van der Waals surface area contributed by atoms with Crippen molar-refractivity contribution in [2.75, 3.05) is 40.5 Å². The largest absolute Gasteiger partial charge is 0.493 e. The molecule has 8 heteroatoms. The molecule has 0 bridgehead atoms. The third-order valence-electron chi connectivity index (χ3n) is 7.64. The standard InChI is InChI=1S/C28H32N2O6/c1-4-36-28(33)18-8-7-12-29(16-18)27(32)24-19-9-5-6-10-20(19)26(31)30-13-11-17-14-22(34-2)23(35-3)15-21(17)25(24)30/h5-6,9-10,14-15,18,24-25H,4,7-8,11-13,16H2,1-3H3. The average molecular weight is 493 g/mol. The summed E-state index contributed by atoms with van der Waals surface area (Å²) in [6.07, 6.45) is 2.10. The van der Waals surface area contributed by atoms with E-state index in [9.17, 15) is 14.4 Å². The van der Waals surface area contributed by atoms with Crippen LogP contribution in [0.1, 0.15) is 58.8 Å². The van der Waals surface area contributed by atoms with Crippen molar-refractivity contribution >= 4 is 17.8 Å². The lowest BCUT2D eigenvalue weighted by Gasteiger charge is -2.47. The SMILES string of the molecule is CCOC(=O)C1CCCN(C(=O)C2c3ccccc3C(=O)N3CCc4cc(OC)c(OC)cc4C23)C1.